The molecule has 0 bridgehead atoms. The van der Waals surface area contributed by atoms with Crippen molar-refractivity contribution in [3.8, 4) is 5.88 Å². The zero-order valence-corrected chi connectivity index (χ0v) is 15.3. The second-order valence-electron chi connectivity index (χ2n) is 7.58. The molecule has 1 saturated carbocycles. The van der Waals surface area contributed by atoms with Crippen molar-refractivity contribution in [3.63, 3.8) is 0 Å². The van der Waals surface area contributed by atoms with E-state index in [1.165, 1.54) is 25.7 Å². The van der Waals surface area contributed by atoms with Gasteiger partial charge in [0, 0.05) is 32.4 Å². The third kappa shape index (κ3) is 4.14. The summed E-state index contributed by atoms with van der Waals surface area (Å²) in [6.07, 6.45) is 10.7. The van der Waals surface area contributed by atoms with Crippen LogP contribution < -0.4 is 4.74 Å². The monoisotopic (exact) mass is 353 g/mol. The molecule has 1 saturated heterocycles. The molecule has 0 N–H and O–H groups in total. The van der Waals surface area contributed by atoms with Crippen molar-refractivity contribution in [2.24, 2.45) is 5.92 Å². The highest BCUT2D eigenvalue weighted by molar-refractivity contribution is 5.76. The predicted octanol–water partition coefficient (Wildman–Crippen LogP) is 3.97. The van der Waals surface area contributed by atoms with Gasteiger partial charge in [-0.25, -0.2) is 9.97 Å². The average molecular weight is 353 g/mol. The molecular weight excluding hydrogens is 326 g/mol. The van der Waals surface area contributed by atoms with Crippen LogP contribution in [0.15, 0.2) is 30.5 Å². The Morgan fingerprint density at radius 1 is 1.08 bits per heavy atom. The summed E-state index contributed by atoms with van der Waals surface area (Å²) < 4.78 is 6.02. The number of ether oxygens (including phenoxy) is 1. The SMILES string of the molecule is O=C(CCC1CCCC1)N1CCC(Oc2cnc3ccccc3n2)CC1. The van der Waals surface area contributed by atoms with Crippen LogP contribution in [0.25, 0.3) is 11.0 Å². The van der Waals surface area contributed by atoms with Crippen LogP contribution in [0.5, 0.6) is 5.88 Å². The fraction of sp³-hybridized carbons (Fsp3) is 0.571. The van der Waals surface area contributed by atoms with E-state index in [-0.39, 0.29) is 6.10 Å². The summed E-state index contributed by atoms with van der Waals surface area (Å²) in [5, 5.41) is 0. The van der Waals surface area contributed by atoms with Gasteiger partial charge in [-0.2, -0.15) is 0 Å². The zero-order chi connectivity index (χ0) is 17.8. The quantitative estimate of drug-likeness (QED) is 0.816. The standard InChI is InChI=1S/C21H27N3O2/c25-21(10-9-16-5-1-2-6-16)24-13-11-17(12-14-24)26-20-15-22-18-7-3-4-8-19(18)23-20/h3-4,7-8,15-17H,1-2,5-6,9-14H2. The molecule has 0 spiro atoms. The zero-order valence-electron chi connectivity index (χ0n) is 15.3. The summed E-state index contributed by atoms with van der Waals surface area (Å²) in [4.78, 5) is 23.4. The van der Waals surface area contributed by atoms with E-state index in [0.29, 0.717) is 18.2 Å². The number of carbonyl (C=O) groups is 1. The van der Waals surface area contributed by atoms with Crippen LogP contribution >= 0.6 is 0 Å². The molecule has 1 amide bonds. The highest BCUT2D eigenvalue weighted by atomic mass is 16.5. The molecule has 2 aliphatic rings. The summed E-state index contributed by atoms with van der Waals surface area (Å²) in [7, 11) is 0. The maximum absolute atomic E-state index is 12.4. The van der Waals surface area contributed by atoms with E-state index in [9.17, 15) is 4.79 Å². The van der Waals surface area contributed by atoms with Gasteiger partial charge >= 0.3 is 0 Å². The van der Waals surface area contributed by atoms with Crippen molar-refractivity contribution in [1.82, 2.24) is 14.9 Å². The number of nitrogens with zero attached hydrogens (tertiary/aromatic N) is 3. The lowest BCUT2D eigenvalue weighted by Gasteiger charge is -2.32. The number of fused-ring (bicyclic) bond motifs is 1. The van der Waals surface area contributed by atoms with E-state index in [0.717, 1.165) is 49.3 Å². The number of carbonyl (C=O) groups excluding carboxylic acids is 1. The molecule has 1 aliphatic heterocycles. The second kappa shape index (κ2) is 8.02. The van der Waals surface area contributed by atoms with Crippen LogP contribution in [0.4, 0.5) is 0 Å². The number of para-hydroxylation sites is 2. The van der Waals surface area contributed by atoms with Crippen molar-refractivity contribution < 1.29 is 9.53 Å². The van der Waals surface area contributed by atoms with E-state index >= 15 is 0 Å². The minimum atomic E-state index is 0.115. The first-order valence-corrected chi connectivity index (χ1v) is 9.94. The molecule has 26 heavy (non-hydrogen) atoms. The van der Waals surface area contributed by atoms with Gasteiger partial charge in [0.1, 0.15) is 6.10 Å². The minimum absolute atomic E-state index is 0.115. The molecule has 2 heterocycles. The van der Waals surface area contributed by atoms with Crippen LogP contribution in [-0.2, 0) is 4.79 Å². The number of aromatic nitrogens is 2. The third-order valence-electron chi connectivity index (χ3n) is 5.75. The summed E-state index contributed by atoms with van der Waals surface area (Å²) in [6, 6.07) is 7.80. The second-order valence-corrected chi connectivity index (χ2v) is 7.58. The Morgan fingerprint density at radius 3 is 2.58 bits per heavy atom. The number of likely N-dealkylation sites (tertiary alicyclic amines) is 1. The molecule has 0 unspecified atom stereocenters. The maximum Gasteiger partial charge on any atom is 0.233 e. The van der Waals surface area contributed by atoms with Gasteiger partial charge in [-0.15, -0.1) is 0 Å². The van der Waals surface area contributed by atoms with Gasteiger partial charge in [0.25, 0.3) is 0 Å². The Hall–Kier alpha value is -2.17. The van der Waals surface area contributed by atoms with Crippen molar-refractivity contribution >= 4 is 16.9 Å². The summed E-state index contributed by atoms with van der Waals surface area (Å²) >= 11 is 0. The van der Waals surface area contributed by atoms with Crippen molar-refractivity contribution in [2.45, 2.75) is 57.5 Å². The highest BCUT2D eigenvalue weighted by Crippen LogP contribution is 2.29. The topological polar surface area (TPSA) is 55.3 Å². The molecule has 0 radical (unpaired) electrons. The van der Waals surface area contributed by atoms with Crippen LogP contribution in [0.1, 0.15) is 51.4 Å². The first-order chi connectivity index (χ1) is 12.8. The molecular formula is C21H27N3O2. The number of amides is 1. The van der Waals surface area contributed by atoms with E-state index in [4.69, 9.17) is 4.74 Å². The molecule has 4 rings (SSSR count). The summed E-state index contributed by atoms with van der Waals surface area (Å²) in [5.74, 6) is 1.68. The van der Waals surface area contributed by atoms with Gasteiger partial charge < -0.3 is 9.64 Å². The first-order valence-electron chi connectivity index (χ1n) is 9.94. The molecule has 2 aromatic rings. The molecule has 2 fully saturated rings. The minimum Gasteiger partial charge on any atom is -0.473 e. The van der Waals surface area contributed by atoms with Crippen LogP contribution in [0.2, 0.25) is 0 Å². The first kappa shape index (κ1) is 17.3. The average Bonchev–Trinajstić information content (AvgIpc) is 3.20. The van der Waals surface area contributed by atoms with Crippen molar-refractivity contribution in [2.75, 3.05) is 13.1 Å². The molecule has 138 valence electrons. The van der Waals surface area contributed by atoms with E-state index < -0.39 is 0 Å². The molecule has 0 atom stereocenters. The lowest BCUT2D eigenvalue weighted by atomic mass is 10.0. The Bertz CT molecular complexity index is 750. The summed E-state index contributed by atoms with van der Waals surface area (Å²) in [5.41, 5.74) is 1.73. The Labute approximate surface area is 154 Å². The third-order valence-corrected chi connectivity index (χ3v) is 5.75. The van der Waals surface area contributed by atoms with Crippen LogP contribution in [0.3, 0.4) is 0 Å². The van der Waals surface area contributed by atoms with Gasteiger partial charge in [-0.05, 0) is 24.5 Å². The van der Waals surface area contributed by atoms with E-state index in [2.05, 4.69) is 9.97 Å². The van der Waals surface area contributed by atoms with E-state index in [1.807, 2.05) is 29.2 Å². The Kier molecular flexibility index (Phi) is 5.32. The molecule has 1 aromatic carbocycles. The largest absolute Gasteiger partial charge is 0.473 e. The van der Waals surface area contributed by atoms with Gasteiger partial charge in [-0.3, -0.25) is 4.79 Å². The van der Waals surface area contributed by atoms with Gasteiger partial charge in [0.05, 0.1) is 17.2 Å². The van der Waals surface area contributed by atoms with Gasteiger partial charge in [0.2, 0.25) is 11.8 Å². The smallest absolute Gasteiger partial charge is 0.233 e. The van der Waals surface area contributed by atoms with Crippen LogP contribution in [-0.4, -0.2) is 40.0 Å². The fourth-order valence-electron chi connectivity index (χ4n) is 4.18. The number of rotatable bonds is 5. The van der Waals surface area contributed by atoms with Crippen LogP contribution in [0, 0.1) is 5.92 Å². The molecule has 1 aromatic heterocycles. The van der Waals surface area contributed by atoms with E-state index in [1.54, 1.807) is 6.20 Å². The van der Waals surface area contributed by atoms with Crippen molar-refractivity contribution in [3.05, 3.63) is 30.5 Å². The number of piperidine rings is 1. The van der Waals surface area contributed by atoms with Gasteiger partial charge in [0.15, 0.2) is 0 Å². The Balaban J connectivity index is 1.25. The normalized spacial score (nSPS) is 19.2. The number of hydrogen-bond acceptors (Lipinski definition) is 4. The molecule has 5 nitrogen and oxygen atoms in total. The highest BCUT2D eigenvalue weighted by Gasteiger charge is 2.25. The lowest BCUT2D eigenvalue weighted by Crippen LogP contribution is -2.41. The summed E-state index contributed by atoms with van der Waals surface area (Å²) in [6.45, 7) is 1.57. The maximum atomic E-state index is 12.4. The number of benzene rings is 1. The molecule has 1 aliphatic carbocycles. The predicted molar refractivity (Wildman–Crippen MR) is 101 cm³/mol. The lowest BCUT2D eigenvalue weighted by molar-refractivity contribution is -0.133. The van der Waals surface area contributed by atoms with Crippen molar-refractivity contribution in [1.29, 1.82) is 0 Å². The van der Waals surface area contributed by atoms with Gasteiger partial charge in [-0.1, -0.05) is 37.8 Å². The molecule has 5 heteroatoms. The Morgan fingerprint density at radius 2 is 1.81 bits per heavy atom. The fourth-order valence-corrected chi connectivity index (χ4v) is 4.18. The number of hydrogen-bond donors (Lipinski definition) is 0.